The average Bonchev–Trinajstić information content (AvgIpc) is 2.16. The number of benzene rings is 1. The number of allylic oxidation sites excluding steroid dienone is 1. The van der Waals surface area contributed by atoms with E-state index in [9.17, 15) is 0 Å². The second kappa shape index (κ2) is 3.54. The summed E-state index contributed by atoms with van der Waals surface area (Å²) in [6.45, 7) is 5.84. The molecule has 1 aromatic heterocycles. The van der Waals surface area contributed by atoms with Crippen molar-refractivity contribution in [1.29, 1.82) is 0 Å². The zero-order chi connectivity index (χ0) is 10.1. The smallest absolute Gasteiger partial charge is 0.0710 e. The van der Waals surface area contributed by atoms with Gasteiger partial charge < -0.3 is 0 Å². The van der Waals surface area contributed by atoms with Crippen LogP contribution < -0.4 is 0 Å². The molecule has 0 aliphatic rings. The Morgan fingerprint density at radius 2 is 2.07 bits per heavy atom. The van der Waals surface area contributed by atoms with Gasteiger partial charge in [0.1, 0.15) is 0 Å². The fourth-order valence-corrected chi connectivity index (χ4v) is 1.71. The topological polar surface area (TPSA) is 12.9 Å². The van der Waals surface area contributed by atoms with E-state index in [1.54, 1.807) is 0 Å². The molecule has 0 unspecified atom stereocenters. The first-order valence-electron chi connectivity index (χ1n) is 4.39. The molecule has 2 aromatic rings. The Morgan fingerprint density at radius 1 is 1.29 bits per heavy atom. The maximum absolute atomic E-state index is 4.50. The summed E-state index contributed by atoms with van der Waals surface area (Å²) in [5.74, 6) is 0. The molecule has 0 aliphatic heterocycles. The average molecular weight is 248 g/mol. The molecule has 2 rings (SSSR count). The summed E-state index contributed by atoms with van der Waals surface area (Å²) in [6.07, 6.45) is 0. The first kappa shape index (κ1) is 9.41. The summed E-state index contributed by atoms with van der Waals surface area (Å²) in [6, 6.07) is 10.1. The normalized spacial score (nSPS) is 10.4. The third-order valence-electron chi connectivity index (χ3n) is 2.09. The van der Waals surface area contributed by atoms with E-state index in [1.807, 2.05) is 25.1 Å². The summed E-state index contributed by atoms with van der Waals surface area (Å²) < 4.78 is 1.08. The lowest BCUT2D eigenvalue weighted by atomic mass is 10.1. The fourth-order valence-electron chi connectivity index (χ4n) is 1.33. The summed E-state index contributed by atoms with van der Waals surface area (Å²) in [5, 5.41) is 1.14. The van der Waals surface area contributed by atoms with E-state index in [1.165, 1.54) is 0 Å². The van der Waals surface area contributed by atoms with Crippen LogP contribution in [0.25, 0.3) is 16.5 Å². The van der Waals surface area contributed by atoms with Crippen LogP contribution in [0.4, 0.5) is 0 Å². The summed E-state index contributed by atoms with van der Waals surface area (Å²) >= 11 is 3.43. The van der Waals surface area contributed by atoms with Gasteiger partial charge in [-0.05, 0) is 36.8 Å². The molecule has 0 saturated heterocycles. The Balaban J connectivity index is 2.67. The number of pyridine rings is 1. The Kier molecular flexibility index (Phi) is 2.38. The van der Waals surface area contributed by atoms with E-state index < -0.39 is 0 Å². The lowest BCUT2D eigenvalue weighted by Crippen LogP contribution is -1.85. The highest BCUT2D eigenvalue weighted by atomic mass is 79.9. The molecule has 70 valence electrons. The maximum atomic E-state index is 4.50. The molecule has 0 aliphatic carbocycles. The number of hydrogen-bond donors (Lipinski definition) is 0. The SMILES string of the molecule is C=C(C)c1ccc2cc(Br)ccc2n1. The van der Waals surface area contributed by atoms with E-state index in [0.717, 1.165) is 26.6 Å². The van der Waals surface area contributed by atoms with E-state index in [4.69, 9.17) is 0 Å². The van der Waals surface area contributed by atoms with Crippen molar-refractivity contribution in [3.05, 3.63) is 47.1 Å². The van der Waals surface area contributed by atoms with Gasteiger partial charge in [-0.25, -0.2) is 4.98 Å². The molecule has 0 atom stereocenters. The standard InChI is InChI=1S/C12H10BrN/c1-8(2)11-5-3-9-7-10(13)4-6-12(9)14-11/h3-7H,1H2,2H3. The second-order valence-corrected chi connectivity index (χ2v) is 4.23. The second-order valence-electron chi connectivity index (χ2n) is 3.31. The van der Waals surface area contributed by atoms with E-state index in [0.29, 0.717) is 0 Å². The van der Waals surface area contributed by atoms with Gasteiger partial charge in [-0.1, -0.05) is 28.6 Å². The number of aromatic nitrogens is 1. The molecule has 0 bridgehead atoms. The molecule has 0 amide bonds. The molecule has 0 spiro atoms. The highest BCUT2D eigenvalue weighted by Gasteiger charge is 1.98. The number of hydrogen-bond acceptors (Lipinski definition) is 1. The van der Waals surface area contributed by atoms with Crippen molar-refractivity contribution < 1.29 is 0 Å². The van der Waals surface area contributed by atoms with Crippen LogP contribution in [-0.2, 0) is 0 Å². The van der Waals surface area contributed by atoms with Gasteiger partial charge in [0, 0.05) is 9.86 Å². The van der Waals surface area contributed by atoms with Gasteiger partial charge in [0.15, 0.2) is 0 Å². The van der Waals surface area contributed by atoms with Crippen molar-refractivity contribution in [2.75, 3.05) is 0 Å². The quantitative estimate of drug-likeness (QED) is 0.742. The van der Waals surface area contributed by atoms with Gasteiger partial charge in [-0.3, -0.25) is 0 Å². The zero-order valence-corrected chi connectivity index (χ0v) is 9.51. The zero-order valence-electron chi connectivity index (χ0n) is 7.92. The van der Waals surface area contributed by atoms with Crippen molar-refractivity contribution in [3.63, 3.8) is 0 Å². The van der Waals surface area contributed by atoms with Crippen LogP contribution in [0, 0.1) is 0 Å². The van der Waals surface area contributed by atoms with Gasteiger partial charge in [0.2, 0.25) is 0 Å². The van der Waals surface area contributed by atoms with E-state index in [-0.39, 0.29) is 0 Å². The minimum Gasteiger partial charge on any atom is -0.248 e. The van der Waals surface area contributed by atoms with Crippen molar-refractivity contribution in [3.8, 4) is 0 Å². The predicted molar refractivity (Wildman–Crippen MR) is 64.2 cm³/mol. The molecule has 14 heavy (non-hydrogen) atoms. The van der Waals surface area contributed by atoms with Crippen molar-refractivity contribution in [2.24, 2.45) is 0 Å². The molecule has 0 fully saturated rings. The Bertz CT molecular complexity index is 503. The first-order chi connectivity index (χ1) is 6.66. The minimum atomic E-state index is 0.958. The van der Waals surface area contributed by atoms with Crippen LogP contribution in [0.15, 0.2) is 41.4 Å². The lowest BCUT2D eigenvalue weighted by Gasteiger charge is -2.02. The molecule has 0 radical (unpaired) electrons. The summed E-state index contributed by atoms with van der Waals surface area (Å²) in [7, 11) is 0. The van der Waals surface area contributed by atoms with Crippen LogP contribution >= 0.6 is 15.9 Å². The molecule has 1 heterocycles. The number of rotatable bonds is 1. The van der Waals surface area contributed by atoms with Gasteiger partial charge in [0.25, 0.3) is 0 Å². The molecule has 2 heteroatoms. The molecule has 1 nitrogen and oxygen atoms in total. The van der Waals surface area contributed by atoms with Gasteiger partial charge >= 0.3 is 0 Å². The van der Waals surface area contributed by atoms with Crippen LogP contribution in [-0.4, -0.2) is 4.98 Å². The van der Waals surface area contributed by atoms with Crippen LogP contribution in [0.2, 0.25) is 0 Å². The lowest BCUT2D eigenvalue weighted by molar-refractivity contribution is 1.33. The monoisotopic (exact) mass is 247 g/mol. The third kappa shape index (κ3) is 1.70. The molecular weight excluding hydrogens is 238 g/mol. The highest BCUT2D eigenvalue weighted by Crippen LogP contribution is 2.20. The Hall–Kier alpha value is -1.15. The van der Waals surface area contributed by atoms with E-state index >= 15 is 0 Å². The number of nitrogens with zero attached hydrogens (tertiary/aromatic N) is 1. The van der Waals surface area contributed by atoms with Gasteiger partial charge in [-0.2, -0.15) is 0 Å². The number of halogens is 1. The fraction of sp³-hybridized carbons (Fsp3) is 0.0833. The maximum Gasteiger partial charge on any atom is 0.0710 e. The molecular formula is C12H10BrN. The third-order valence-corrected chi connectivity index (χ3v) is 2.58. The largest absolute Gasteiger partial charge is 0.248 e. The summed E-state index contributed by atoms with van der Waals surface area (Å²) in [4.78, 5) is 4.50. The minimum absolute atomic E-state index is 0.958. The van der Waals surface area contributed by atoms with Crippen molar-refractivity contribution in [1.82, 2.24) is 4.98 Å². The molecule has 0 N–H and O–H groups in total. The molecule has 1 aromatic carbocycles. The van der Waals surface area contributed by atoms with Crippen LogP contribution in [0.3, 0.4) is 0 Å². The molecule has 0 saturated carbocycles. The van der Waals surface area contributed by atoms with E-state index in [2.05, 4.69) is 39.6 Å². The highest BCUT2D eigenvalue weighted by molar-refractivity contribution is 9.10. The van der Waals surface area contributed by atoms with Crippen LogP contribution in [0.5, 0.6) is 0 Å². The van der Waals surface area contributed by atoms with Crippen molar-refractivity contribution >= 4 is 32.4 Å². The van der Waals surface area contributed by atoms with Gasteiger partial charge in [0.05, 0.1) is 11.2 Å². The number of fused-ring (bicyclic) bond motifs is 1. The Labute approximate surface area is 91.6 Å². The van der Waals surface area contributed by atoms with Crippen molar-refractivity contribution in [2.45, 2.75) is 6.92 Å². The summed E-state index contributed by atoms with van der Waals surface area (Å²) in [5.41, 5.74) is 2.96. The first-order valence-corrected chi connectivity index (χ1v) is 5.18. The predicted octanol–water partition coefficient (Wildman–Crippen LogP) is 4.03. The van der Waals surface area contributed by atoms with Crippen LogP contribution in [0.1, 0.15) is 12.6 Å². The van der Waals surface area contributed by atoms with Gasteiger partial charge in [-0.15, -0.1) is 0 Å². The Morgan fingerprint density at radius 3 is 2.79 bits per heavy atom.